The summed E-state index contributed by atoms with van der Waals surface area (Å²) in [6.45, 7) is 2.15. The van der Waals surface area contributed by atoms with Gasteiger partial charge in [0.05, 0.1) is 16.4 Å². The average Bonchev–Trinajstić information content (AvgIpc) is 2.58. The molecule has 0 unspecified atom stereocenters. The quantitative estimate of drug-likeness (QED) is 0.394. The molecule has 126 valence electrons. The number of hydrogen-bond donors (Lipinski definition) is 2. The van der Waals surface area contributed by atoms with Crippen LogP contribution in [0.15, 0.2) is 47.6 Å². The van der Waals surface area contributed by atoms with Crippen LogP contribution >= 0.6 is 22.6 Å². The Hall–Kier alpha value is -2.29. The van der Waals surface area contributed by atoms with Gasteiger partial charge >= 0.3 is 0 Å². The maximum Gasteiger partial charge on any atom is 0.277 e. The smallest absolute Gasteiger partial charge is 0.277 e. The van der Waals surface area contributed by atoms with Gasteiger partial charge in [0.25, 0.3) is 5.91 Å². The molecule has 1 amide bonds. The van der Waals surface area contributed by atoms with Gasteiger partial charge in [0.2, 0.25) is 0 Å². The van der Waals surface area contributed by atoms with Crippen LogP contribution in [0, 0.1) is 3.57 Å². The summed E-state index contributed by atoms with van der Waals surface area (Å²) in [7, 11) is 0. The molecule has 0 heterocycles. The molecular weight excluding hydrogens is 423 g/mol. The molecule has 6 nitrogen and oxygen atoms in total. The molecule has 2 aromatic rings. The van der Waals surface area contributed by atoms with E-state index < -0.39 is 0 Å². The third kappa shape index (κ3) is 5.41. The molecule has 24 heavy (non-hydrogen) atoms. The van der Waals surface area contributed by atoms with E-state index in [0.29, 0.717) is 27.2 Å². The van der Waals surface area contributed by atoms with Gasteiger partial charge in [0.15, 0.2) is 18.1 Å². The molecule has 0 saturated heterocycles. The van der Waals surface area contributed by atoms with Crippen molar-refractivity contribution in [1.82, 2.24) is 5.43 Å². The molecule has 0 radical (unpaired) electrons. The summed E-state index contributed by atoms with van der Waals surface area (Å²) in [5, 5.41) is 13.8. The number of hydrazone groups is 1. The van der Waals surface area contributed by atoms with E-state index in [1.165, 1.54) is 6.21 Å². The summed E-state index contributed by atoms with van der Waals surface area (Å²) in [6, 6.07) is 12.4. The second-order valence-corrected chi connectivity index (χ2v) is 5.84. The molecule has 0 aliphatic heterocycles. The SMILES string of the molecule is CCOc1cc(/C=N\NC(=O)COc2ccccc2)cc(I)c1O. The van der Waals surface area contributed by atoms with Crippen LogP contribution in [0.3, 0.4) is 0 Å². The van der Waals surface area contributed by atoms with Crippen molar-refractivity contribution in [3.05, 3.63) is 51.6 Å². The summed E-state index contributed by atoms with van der Waals surface area (Å²) in [5.74, 6) is 0.721. The zero-order valence-corrected chi connectivity index (χ0v) is 15.2. The Balaban J connectivity index is 1.90. The Morgan fingerprint density at radius 1 is 1.29 bits per heavy atom. The predicted octanol–water partition coefficient (Wildman–Crippen LogP) is 2.92. The normalized spacial score (nSPS) is 10.6. The molecule has 7 heteroatoms. The lowest BCUT2D eigenvalue weighted by atomic mass is 10.2. The van der Waals surface area contributed by atoms with E-state index in [9.17, 15) is 9.90 Å². The molecule has 0 saturated carbocycles. The van der Waals surface area contributed by atoms with E-state index in [-0.39, 0.29) is 18.3 Å². The van der Waals surface area contributed by atoms with E-state index in [4.69, 9.17) is 9.47 Å². The van der Waals surface area contributed by atoms with Crippen molar-refractivity contribution in [2.45, 2.75) is 6.92 Å². The van der Waals surface area contributed by atoms with Crippen molar-refractivity contribution in [2.75, 3.05) is 13.2 Å². The van der Waals surface area contributed by atoms with Gasteiger partial charge in [-0.3, -0.25) is 4.79 Å². The van der Waals surface area contributed by atoms with Gasteiger partial charge in [0.1, 0.15) is 5.75 Å². The Morgan fingerprint density at radius 3 is 2.75 bits per heavy atom. The standard InChI is InChI=1S/C17H17IN2O4/c1-2-23-15-9-12(8-14(18)17(15)22)10-19-20-16(21)11-24-13-6-4-3-5-7-13/h3-10,22H,2,11H2,1H3,(H,20,21)/b19-10-. The van der Waals surface area contributed by atoms with E-state index in [1.807, 2.05) is 47.7 Å². The number of aromatic hydroxyl groups is 1. The lowest BCUT2D eigenvalue weighted by Crippen LogP contribution is -2.24. The highest BCUT2D eigenvalue weighted by atomic mass is 127. The Bertz CT molecular complexity index is 720. The summed E-state index contributed by atoms with van der Waals surface area (Å²) < 4.78 is 11.3. The summed E-state index contributed by atoms with van der Waals surface area (Å²) in [6.07, 6.45) is 1.48. The number of halogens is 1. The zero-order valence-electron chi connectivity index (χ0n) is 13.0. The summed E-state index contributed by atoms with van der Waals surface area (Å²) in [4.78, 5) is 11.7. The van der Waals surface area contributed by atoms with Crippen LogP contribution in [0.25, 0.3) is 0 Å². The lowest BCUT2D eigenvalue weighted by molar-refractivity contribution is -0.123. The topological polar surface area (TPSA) is 80.2 Å². The highest BCUT2D eigenvalue weighted by molar-refractivity contribution is 14.1. The number of carbonyl (C=O) groups is 1. The van der Waals surface area contributed by atoms with E-state index in [2.05, 4.69) is 10.5 Å². The minimum atomic E-state index is -0.367. The fourth-order valence-corrected chi connectivity index (χ4v) is 2.44. The molecule has 2 N–H and O–H groups in total. The van der Waals surface area contributed by atoms with Gasteiger partial charge in [-0.2, -0.15) is 5.10 Å². The second kappa shape index (κ2) is 9.11. The van der Waals surface area contributed by atoms with Crippen LogP contribution in [0.2, 0.25) is 0 Å². The molecule has 0 fully saturated rings. The number of para-hydroxylation sites is 1. The third-order valence-electron chi connectivity index (χ3n) is 2.87. The number of carbonyl (C=O) groups excluding carboxylic acids is 1. The first kappa shape index (κ1) is 18.1. The van der Waals surface area contributed by atoms with Crippen molar-refractivity contribution in [3.8, 4) is 17.2 Å². The lowest BCUT2D eigenvalue weighted by Gasteiger charge is -2.08. The number of phenols is 1. The highest BCUT2D eigenvalue weighted by Gasteiger charge is 2.08. The highest BCUT2D eigenvalue weighted by Crippen LogP contribution is 2.32. The van der Waals surface area contributed by atoms with Crippen molar-refractivity contribution in [2.24, 2.45) is 5.10 Å². The van der Waals surface area contributed by atoms with Crippen molar-refractivity contribution < 1.29 is 19.4 Å². The summed E-state index contributed by atoms with van der Waals surface area (Å²) in [5.41, 5.74) is 3.09. The number of hydrogen-bond acceptors (Lipinski definition) is 5. The molecule has 0 aromatic heterocycles. The minimum Gasteiger partial charge on any atom is -0.504 e. The Kier molecular flexibility index (Phi) is 6.86. The number of nitrogens with one attached hydrogen (secondary N) is 1. The number of rotatable bonds is 7. The Labute approximate surface area is 153 Å². The van der Waals surface area contributed by atoms with Crippen LogP contribution in [0.5, 0.6) is 17.2 Å². The zero-order chi connectivity index (χ0) is 17.4. The first-order valence-corrected chi connectivity index (χ1v) is 8.33. The number of nitrogens with zero attached hydrogens (tertiary/aromatic N) is 1. The van der Waals surface area contributed by atoms with Gasteiger partial charge in [-0.05, 0) is 59.3 Å². The predicted molar refractivity (Wildman–Crippen MR) is 99.7 cm³/mol. The minimum absolute atomic E-state index is 0.0925. The van der Waals surface area contributed by atoms with Gasteiger partial charge in [-0.25, -0.2) is 5.43 Å². The fourth-order valence-electron chi connectivity index (χ4n) is 1.81. The van der Waals surface area contributed by atoms with Gasteiger partial charge in [0, 0.05) is 0 Å². The molecule has 0 atom stereocenters. The monoisotopic (exact) mass is 440 g/mol. The number of phenolic OH excluding ortho intramolecular Hbond substituents is 1. The molecule has 0 spiro atoms. The van der Waals surface area contributed by atoms with Crippen molar-refractivity contribution in [1.29, 1.82) is 0 Å². The van der Waals surface area contributed by atoms with Gasteiger partial charge in [-0.15, -0.1) is 0 Å². The second-order valence-electron chi connectivity index (χ2n) is 4.68. The molecule has 0 aliphatic carbocycles. The first-order chi connectivity index (χ1) is 11.6. The van der Waals surface area contributed by atoms with Crippen LogP contribution < -0.4 is 14.9 Å². The van der Waals surface area contributed by atoms with Crippen LogP contribution in [-0.4, -0.2) is 30.4 Å². The van der Waals surface area contributed by atoms with Crippen LogP contribution in [-0.2, 0) is 4.79 Å². The molecule has 2 aromatic carbocycles. The van der Waals surface area contributed by atoms with E-state index in [1.54, 1.807) is 24.3 Å². The van der Waals surface area contributed by atoms with E-state index >= 15 is 0 Å². The maximum absolute atomic E-state index is 11.7. The summed E-state index contributed by atoms with van der Waals surface area (Å²) >= 11 is 2.00. The van der Waals surface area contributed by atoms with E-state index in [0.717, 1.165) is 0 Å². The van der Waals surface area contributed by atoms with Crippen LogP contribution in [0.4, 0.5) is 0 Å². The van der Waals surface area contributed by atoms with Crippen LogP contribution in [0.1, 0.15) is 12.5 Å². The van der Waals surface area contributed by atoms with Gasteiger partial charge < -0.3 is 14.6 Å². The largest absolute Gasteiger partial charge is 0.504 e. The first-order valence-electron chi connectivity index (χ1n) is 7.25. The Morgan fingerprint density at radius 2 is 2.04 bits per heavy atom. The van der Waals surface area contributed by atoms with Crippen molar-refractivity contribution in [3.63, 3.8) is 0 Å². The number of amides is 1. The molecule has 0 bridgehead atoms. The molecule has 2 rings (SSSR count). The van der Waals surface area contributed by atoms with Gasteiger partial charge in [-0.1, -0.05) is 18.2 Å². The number of ether oxygens (including phenoxy) is 2. The fraction of sp³-hybridized carbons (Fsp3) is 0.176. The third-order valence-corrected chi connectivity index (χ3v) is 3.69. The maximum atomic E-state index is 11.7. The number of benzene rings is 2. The van der Waals surface area contributed by atoms with Crippen molar-refractivity contribution >= 4 is 34.7 Å². The molecular formula is C17H17IN2O4. The average molecular weight is 440 g/mol. The molecule has 0 aliphatic rings.